The Kier molecular flexibility index (Phi) is 8.33. The number of ether oxygens (including phenoxy) is 1. The molecular formula is C21H26ClNO2S. The van der Waals surface area contributed by atoms with Crippen molar-refractivity contribution in [1.29, 1.82) is 0 Å². The Morgan fingerprint density at radius 2 is 1.96 bits per heavy atom. The third kappa shape index (κ3) is 6.26. The Balaban J connectivity index is 1.74. The fourth-order valence-electron chi connectivity index (χ4n) is 2.43. The molecule has 2 aromatic carbocycles. The lowest BCUT2D eigenvalue weighted by Gasteiger charge is -2.18. The van der Waals surface area contributed by atoms with Crippen molar-refractivity contribution < 1.29 is 9.53 Å². The van der Waals surface area contributed by atoms with Crippen LogP contribution in [0.1, 0.15) is 30.0 Å². The van der Waals surface area contributed by atoms with Gasteiger partial charge in [-0.3, -0.25) is 4.79 Å². The van der Waals surface area contributed by atoms with Gasteiger partial charge >= 0.3 is 0 Å². The second-order valence-electron chi connectivity index (χ2n) is 6.20. The Morgan fingerprint density at radius 1 is 1.19 bits per heavy atom. The van der Waals surface area contributed by atoms with Gasteiger partial charge in [0.15, 0.2) is 6.10 Å². The van der Waals surface area contributed by atoms with Gasteiger partial charge in [-0.1, -0.05) is 42.8 Å². The number of thioether (sulfide) groups is 1. The standard InChI is InChI=1S/C21H26ClNO2S/c1-4-20(25-18-10-9-15(2)16(3)13-18)21(24)23-11-12-26-14-17-7-5-6-8-19(17)22/h5-10,13,20H,4,11-12,14H2,1-3H3,(H,23,24)/t20-/m0/s1. The molecule has 0 aliphatic heterocycles. The Hall–Kier alpha value is -1.65. The molecule has 3 nitrogen and oxygen atoms in total. The predicted molar refractivity (Wildman–Crippen MR) is 111 cm³/mol. The van der Waals surface area contributed by atoms with Gasteiger partial charge < -0.3 is 10.1 Å². The summed E-state index contributed by atoms with van der Waals surface area (Å²) in [5, 5.41) is 3.75. The van der Waals surface area contributed by atoms with Crippen molar-refractivity contribution in [2.24, 2.45) is 0 Å². The second kappa shape index (κ2) is 10.5. The average molecular weight is 392 g/mol. The first-order valence-corrected chi connectivity index (χ1v) is 10.4. The Bertz CT molecular complexity index is 736. The Labute approximate surface area is 165 Å². The Morgan fingerprint density at radius 3 is 2.65 bits per heavy atom. The number of carbonyl (C=O) groups is 1. The molecular weight excluding hydrogens is 366 g/mol. The number of hydrogen-bond acceptors (Lipinski definition) is 3. The minimum absolute atomic E-state index is 0.0657. The molecule has 0 saturated heterocycles. The first-order chi connectivity index (χ1) is 12.5. The lowest BCUT2D eigenvalue weighted by Crippen LogP contribution is -2.39. The maximum absolute atomic E-state index is 12.4. The summed E-state index contributed by atoms with van der Waals surface area (Å²) in [5.74, 6) is 2.34. The molecule has 0 spiro atoms. The summed E-state index contributed by atoms with van der Waals surface area (Å²) in [6.07, 6.45) is 0.164. The molecule has 0 aromatic heterocycles. The zero-order valence-electron chi connectivity index (χ0n) is 15.5. The maximum atomic E-state index is 12.4. The number of nitrogens with one attached hydrogen (secondary N) is 1. The smallest absolute Gasteiger partial charge is 0.261 e. The van der Waals surface area contributed by atoms with Crippen molar-refractivity contribution in [2.75, 3.05) is 12.3 Å². The molecule has 0 radical (unpaired) electrons. The van der Waals surface area contributed by atoms with Gasteiger partial charge in [-0.25, -0.2) is 0 Å². The summed E-state index contributed by atoms with van der Waals surface area (Å²) >= 11 is 7.90. The van der Waals surface area contributed by atoms with E-state index in [9.17, 15) is 4.79 Å². The molecule has 0 aliphatic carbocycles. The summed E-state index contributed by atoms with van der Waals surface area (Å²) in [6.45, 7) is 6.67. The molecule has 2 rings (SSSR count). The highest BCUT2D eigenvalue weighted by Gasteiger charge is 2.18. The van der Waals surface area contributed by atoms with Crippen LogP contribution in [-0.2, 0) is 10.5 Å². The van der Waals surface area contributed by atoms with Crippen molar-refractivity contribution in [3.63, 3.8) is 0 Å². The van der Waals surface area contributed by atoms with E-state index in [0.29, 0.717) is 13.0 Å². The van der Waals surface area contributed by atoms with E-state index >= 15 is 0 Å². The van der Waals surface area contributed by atoms with E-state index in [0.717, 1.165) is 33.4 Å². The largest absolute Gasteiger partial charge is 0.481 e. The monoisotopic (exact) mass is 391 g/mol. The van der Waals surface area contributed by atoms with Crippen LogP contribution < -0.4 is 10.1 Å². The average Bonchev–Trinajstić information content (AvgIpc) is 2.63. The molecule has 1 N–H and O–H groups in total. The predicted octanol–water partition coefficient (Wildman–Crippen LogP) is 5.16. The number of hydrogen-bond donors (Lipinski definition) is 1. The van der Waals surface area contributed by atoms with E-state index in [-0.39, 0.29) is 5.91 Å². The topological polar surface area (TPSA) is 38.3 Å². The number of halogens is 1. The van der Waals surface area contributed by atoms with Gasteiger partial charge in [-0.15, -0.1) is 0 Å². The van der Waals surface area contributed by atoms with E-state index < -0.39 is 6.10 Å². The summed E-state index contributed by atoms with van der Waals surface area (Å²) in [4.78, 5) is 12.4. The second-order valence-corrected chi connectivity index (χ2v) is 7.71. The summed E-state index contributed by atoms with van der Waals surface area (Å²) < 4.78 is 5.87. The van der Waals surface area contributed by atoms with E-state index in [1.165, 1.54) is 5.56 Å². The van der Waals surface area contributed by atoms with Gasteiger partial charge in [0.1, 0.15) is 5.75 Å². The fraction of sp³-hybridized carbons (Fsp3) is 0.381. The van der Waals surface area contributed by atoms with Crippen LogP contribution in [0, 0.1) is 13.8 Å². The fourth-order valence-corrected chi connectivity index (χ4v) is 3.58. The molecule has 26 heavy (non-hydrogen) atoms. The van der Waals surface area contributed by atoms with Crippen molar-refractivity contribution in [3.05, 3.63) is 64.2 Å². The van der Waals surface area contributed by atoms with Crippen LogP contribution in [0.3, 0.4) is 0 Å². The normalized spacial score (nSPS) is 11.8. The first-order valence-electron chi connectivity index (χ1n) is 8.84. The quantitative estimate of drug-likeness (QED) is 0.599. The highest BCUT2D eigenvalue weighted by atomic mass is 35.5. The highest BCUT2D eigenvalue weighted by molar-refractivity contribution is 7.98. The van der Waals surface area contributed by atoms with Crippen molar-refractivity contribution in [1.82, 2.24) is 5.32 Å². The van der Waals surface area contributed by atoms with Crippen LogP contribution >= 0.6 is 23.4 Å². The van der Waals surface area contributed by atoms with Gasteiger partial charge in [0.2, 0.25) is 0 Å². The van der Waals surface area contributed by atoms with Crippen molar-refractivity contribution >= 4 is 29.3 Å². The molecule has 0 fully saturated rings. The first kappa shape index (κ1) is 20.7. The van der Waals surface area contributed by atoms with Crippen molar-refractivity contribution in [2.45, 2.75) is 39.0 Å². The molecule has 0 heterocycles. The number of benzene rings is 2. The van der Waals surface area contributed by atoms with Gasteiger partial charge in [-0.05, 0) is 55.2 Å². The molecule has 1 atom stereocenters. The van der Waals surface area contributed by atoms with Crippen LogP contribution in [0.2, 0.25) is 5.02 Å². The SMILES string of the molecule is CC[C@H](Oc1ccc(C)c(C)c1)C(=O)NCCSCc1ccccc1Cl. The molecule has 0 bridgehead atoms. The molecule has 0 saturated carbocycles. The zero-order valence-corrected chi connectivity index (χ0v) is 17.1. The van der Waals surface area contributed by atoms with Crippen LogP contribution in [0.25, 0.3) is 0 Å². The number of carbonyl (C=O) groups excluding carboxylic acids is 1. The number of amides is 1. The minimum Gasteiger partial charge on any atom is -0.481 e. The van der Waals surface area contributed by atoms with Gasteiger partial charge in [-0.2, -0.15) is 11.8 Å². The third-order valence-corrected chi connectivity index (χ3v) is 5.56. The summed E-state index contributed by atoms with van der Waals surface area (Å²) in [7, 11) is 0. The van der Waals surface area contributed by atoms with Crippen molar-refractivity contribution in [3.8, 4) is 5.75 Å². The van der Waals surface area contributed by atoms with E-state index in [1.807, 2.05) is 56.3 Å². The van der Waals surface area contributed by atoms with E-state index in [4.69, 9.17) is 16.3 Å². The molecule has 0 unspecified atom stereocenters. The van der Waals surface area contributed by atoms with Gasteiger partial charge in [0, 0.05) is 23.1 Å². The molecule has 2 aromatic rings. The molecule has 1 amide bonds. The molecule has 0 aliphatic rings. The van der Waals surface area contributed by atoms with Gasteiger partial charge in [0.05, 0.1) is 0 Å². The van der Waals surface area contributed by atoms with Crippen LogP contribution in [-0.4, -0.2) is 24.3 Å². The highest BCUT2D eigenvalue weighted by Crippen LogP contribution is 2.21. The summed E-state index contributed by atoms with van der Waals surface area (Å²) in [5.41, 5.74) is 3.49. The van der Waals surface area contributed by atoms with Crippen LogP contribution in [0.5, 0.6) is 5.75 Å². The summed E-state index contributed by atoms with van der Waals surface area (Å²) in [6, 6.07) is 13.7. The third-order valence-electron chi connectivity index (χ3n) is 4.18. The zero-order chi connectivity index (χ0) is 18.9. The van der Waals surface area contributed by atoms with Gasteiger partial charge in [0.25, 0.3) is 5.91 Å². The van der Waals surface area contributed by atoms with E-state index in [2.05, 4.69) is 12.2 Å². The minimum atomic E-state index is -0.467. The molecule has 140 valence electrons. The lowest BCUT2D eigenvalue weighted by atomic mass is 10.1. The maximum Gasteiger partial charge on any atom is 0.261 e. The van der Waals surface area contributed by atoms with Crippen LogP contribution in [0.4, 0.5) is 0 Å². The number of aryl methyl sites for hydroxylation is 2. The number of rotatable bonds is 9. The molecule has 5 heteroatoms. The van der Waals surface area contributed by atoms with E-state index in [1.54, 1.807) is 11.8 Å². The lowest BCUT2D eigenvalue weighted by molar-refractivity contribution is -0.127. The van der Waals surface area contributed by atoms with Crippen LogP contribution in [0.15, 0.2) is 42.5 Å².